The highest BCUT2D eigenvalue weighted by Gasteiger charge is 2.08. The summed E-state index contributed by atoms with van der Waals surface area (Å²) in [6.07, 6.45) is 0.637. The average Bonchev–Trinajstić information content (AvgIpc) is 1.85. The van der Waals surface area contributed by atoms with E-state index in [0.717, 1.165) is 0 Å². The van der Waals surface area contributed by atoms with Crippen molar-refractivity contribution in [2.24, 2.45) is 5.92 Å². The highest BCUT2D eigenvalue weighted by atomic mass is 27.0. The molecule has 11 heavy (non-hydrogen) atoms. The van der Waals surface area contributed by atoms with Crippen LogP contribution in [0, 0.1) is 5.92 Å². The summed E-state index contributed by atoms with van der Waals surface area (Å²) < 4.78 is 0. The third kappa shape index (κ3) is 6.28. The van der Waals surface area contributed by atoms with E-state index in [9.17, 15) is 9.59 Å². The molecule has 0 fully saturated rings. The second kappa shape index (κ2) is 5.51. The minimum Gasteiger partial charge on any atom is -0.301 e. The molecule has 2 nitrogen and oxygen atoms in total. The van der Waals surface area contributed by atoms with Crippen LogP contribution in [-0.4, -0.2) is 27.9 Å². The van der Waals surface area contributed by atoms with Gasteiger partial charge in [-0.2, -0.15) is 0 Å². The summed E-state index contributed by atoms with van der Waals surface area (Å²) in [6.45, 7) is 3.95. The minimum atomic E-state index is 0.0145. The number of ketones is 2. The lowest BCUT2D eigenvalue weighted by Crippen LogP contribution is -2.09. The van der Waals surface area contributed by atoms with Gasteiger partial charge in [0.05, 0.1) is 6.42 Å². The molecule has 0 rings (SSSR count). The Kier molecular flexibility index (Phi) is 5.45. The van der Waals surface area contributed by atoms with E-state index in [4.69, 9.17) is 0 Å². The second-order valence-corrected chi connectivity index (χ2v) is 3.46. The van der Waals surface area contributed by atoms with Crippen LogP contribution in [0.5, 0.6) is 0 Å². The van der Waals surface area contributed by atoms with E-state index in [2.05, 4.69) is 16.3 Å². The number of Topliss-reactive ketones (excluding diaryl/α,β-unsaturated/α-hetero) is 2. The number of hydrogen-bond acceptors (Lipinski definition) is 2. The van der Waals surface area contributed by atoms with E-state index >= 15 is 0 Å². The van der Waals surface area contributed by atoms with Gasteiger partial charge in [0.2, 0.25) is 0 Å². The quantitative estimate of drug-likeness (QED) is 0.455. The summed E-state index contributed by atoms with van der Waals surface area (Å²) in [5.74, 6) is 0.438. The lowest BCUT2D eigenvalue weighted by Gasteiger charge is -2.01. The molecule has 0 saturated carbocycles. The Labute approximate surface area is 75.8 Å². The van der Waals surface area contributed by atoms with Crippen LogP contribution in [0.4, 0.5) is 0 Å². The normalized spacial score (nSPS) is 10.1. The van der Waals surface area contributed by atoms with Crippen molar-refractivity contribution >= 4 is 27.9 Å². The van der Waals surface area contributed by atoms with E-state index in [0.29, 0.717) is 17.6 Å². The predicted molar refractivity (Wildman–Crippen MR) is 44.6 cm³/mol. The molecular formula is C8H13AlO2. The maximum Gasteiger partial charge on any atom is 0.140 e. The van der Waals surface area contributed by atoms with Crippen LogP contribution < -0.4 is 0 Å². The van der Waals surface area contributed by atoms with E-state index in [-0.39, 0.29) is 18.0 Å². The van der Waals surface area contributed by atoms with Gasteiger partial charge in [0.25, 0.3) is 0 Å². The Morgan fingerprint density at radius 3 is 2.18 bits per heavy atom. The van der Waals surface area contributed by atoms with Crippen molar-refractivity contribution in [3.05, 3.63) is 0 Å². The van der Waals surface area contributed by atoms with Gasteiger partial charge in [-0.3, -0.25) is 4.79 Å². The first-order valence-corrected chi connectivity index (χ1v) is 4.61. The Hall–Kier alpha value is -0.128. The van der Waals surface area contributed by atoms with Crippen molar-refractivity contribution < 1.29 is 9.59 Å². The predicted octanol–water partition coefficient (Wildman–Crippen LogP) is 1.15. The van der Waals surface area contributed by atoms with Crippen molar-refractivity contribution in [3.63, 3.8) is 0 Å². The summed E-state index contributed by atoms with van der Waals surface area (Å²) in [7, 11) is 0. The van der Waals surface area contributed by atoms with Gasteiger partial charge in [0, 0.05) is 6.42 Å². The highest BCUT2D eigenvalue weighted by Crippen LogP contribution is 2.03. The topological polar surface area (TPSA) is 34.1 Å². The molecule has 0 bridgehead atoms. The maximum absolute atomic E-state index is 11.0. The number of carbonyl (C=O) groups is 2. The van der Waals surface area contributed by atoms with Crippen LogP contribution in [0.3, 0.4) is 0 Å². The fourth-order valence-corrected chi connectivity index (χ4v) is 0.964. The van der Waals surface area contributed by atoms with Crippen molar-refractivity contribution in [2.75, 3.05) is 0 Å². The Morgan fingerprint density at radius 1 is 1.27 bits per heavy atom. The molecule has 2 radical (unpaired) electrons. The molecule has 0 N–H and O–H groups in total. The zero-order chi connectivity index (χ0) is 8.85. The summed E-state index contributed by atoms with van der Waals surface area (Å²) in [6, 6.07) is 0. The van der Waals surface area contributed by atoms with Crippen LogP contribution in [0.25, 0.3) is 0 Å². The largest absolute Gasteiger partial charge is 0.301 e. The van der Waals surface area contributed by atoms with Gasteiger partial charge >= 0.3 is 0 Å². The molecule has 0 aliphatic heterocycles. The number of carbonyl (C=O) groups excluding carboxylic acids is 2. The first-order chi connectivity index (χ1) is 5.06. The van der Waals surface area contributed by atoms with Gasteiger partial charge in [0.1, 0.15) is 27.9 Å². The molecule has 0 aromatic rings. The summed E-state index contributed by atoms with van der Waals surface area (Å²) in [5, 5.41) is 0.393. The summed E-state index contributed by atoms with van der Waals surface area (Å²) >= 11 is 2.33. The van der Waals surface area contributed by atoms with E-state index in [1.807, 2.05) is 13.8 Å². The molecule has 0 aliphatic rings. The van der Waals surface area contributed by atoms with Crippen LogP contribution in [-0.2, 0) is 9.59 Å². The number of hydrogen-bond donors (Lipinski definition) is 0. The molecule has 0 unspecified atom stereocenters. The molecule has 3 heteroatoms. The number of rotatable bonds is 5. The van der Waals surface area contributed by atoms with Crippen molar-refractivity contribution in [2.45, 2.75) is 32.0 Å². The van der Waals surface area contributed by atoms with E-state index in [1.165, 1.54) is 0 Å². The maximum atomic E-state index is 11.0. The van der Waals surface area contributed by atoms with Crippen molar-refractivity contribution in [1.29, 1.82) is 0 Å². The highest BCUT2D eigenvalue weighted by molar-refractivity contribution is 6.22. The zero-order valence-corrected chi connectivity index (χ0v) is 8.25. The lowest BCUT2D eigenvalue weighted by molar-refractivity contribution is -0.126. The monoisotopic (exact) mass is 168 g/mol. The molecule has 0 heterocycles. The van der Waals surface area contributed by atoms with Crippen molar-refractivity contribution in [3.8, 4) is 0 Å². The van der Waals surface area contributed by atoms with Gasteiger partial charge in [-0.25, -0.2) is 0 Å². The second-order valence-electron chi connectivity index (χ2n) is 3.06. The first kappa shape index (κ1) is 10.9. The van der Waals surface area contributed by atoms with Crippen LogP contribution >= 0.6 is 0 Å². The van der Waals surface area contributed by atoms with Gasteiger partial charge in [-0.1, -0.05) is 19.1 Å². The molecule has 0 aromatic carbocycles. The van der Waals surface area contributed by atoms with Gasteiger partial charge in [-0.15, -0.1) is 0 Å². The van der Waals surface area contributed by atoms with Gasteiger partial charge in [-0.05, 0) is 5.92 Å². The Bertz CT molecular complexity index is 152. The molecule has 0 atom stereocenters. The van der Waals surface area contributed by atoms with Gasteiger partial charge in [0.15, 0.2) is 0 Å². The zero-order valence-electron chi connectivity index (χ0n) is 7.09. The molecule has 0 aromatic heterocycles. The minimum absolute atomic E-state index is 0.0145. The first-order valence-electron chi connectivity index (χ1n) is 3.79. The Morgan fingerprint density at radius 2 is 1.82 bits per heavy atom. The van der Waals surface area contributed by atoms with Crippen molar-refractivity contribution in [1.82, 2.24) is 0 Å². The molecule has 0 spiro atoms. The van der Waals surface area contributed by atoms with Crippen LogP contribution in [0.2, 0.25) is 5.28 Å². The standard InChI is InChI=1S/C8H13O2.Al/c1-6(2)4-8(10)5-7(3)9;/h6H,3-5H2,1-2H3;. The van der Waals surface area contributed by atoms with Crippen LogP contribution in [0.1, 0.15) is 26.7 Å². The van der Waals surface area contributed by atoms with Gasteiger partial charge < -0.3 is 4.79 Å². The molecule has 0 aliphatic carbocycles. The van der Waals surface area contributed by atoms with Crippen LogP contribution in [0.15, 0.2) is 0 Å². The fourth-order valence-electron chi connectivity index (χ4n) is 0.820. The lowest BCUT2D eigenvalue weighted by atomic mass is 10.0. The van der Waals surface area contributed by atoms with E-state index < -0.39 is 0 Å². The average molecular weight is 168 g/mol. The third-order valence-electron chi connectivity index (χ3n) is 1.26. The molecule has 0 saturated heterocycles. The fraction of sp³-hybridized carbons (Fsp3) is 0.750. The van der Waals surface area contributed by atoms with E-state index in [1.54, 1.807) is 0 Å². The smallest absolute Gasteiger partial charge is 0.140 e. The summed E-state index contributed by atoms with van der Waals surface area (Å²) in [5.41, 5.74) is 0. The summed E-state index contributed by atoms with van der Waals surface area (Å²) in [4.78, 5) is 21.8. The molecule has 0 amide bonds. The Balaban J connectivity index is 3.61. The SMILES string of the molecule is CC(C)CC(=O)CC(=O)[CH2][Al]. The third-order valence-corrected chi connectivity index (χ3v) is 1.71. The molecular weight excluding hydrogens is 155 g/mol. The molecule has 60 valence electrons.